The van der Waals surface area contributed by atoms with Gasteiger partial charge >= 0.3 is 0 Å². The van der Waals surface area contributed by atoms with Gasteiger partial charge < -0.3 is 4.79 Å². The van der Waals surface area contributed by atoms with Crippen LogP contribution in [0.1, 0.15) is 12.0 Å². The van der Waals surface area contributed by atoms with Crippen LogP contribution in [0.4, 0.5) is 4.39 Å². The Morgan fingerprint density at radius 3 is 3.23 bits per heavy atom. The predicted octanol–water partition coefficient (Wildman–Crippen LogP) is 2.43. The number of carbonyl (C=O) groups is 1. The molecule has 1 nitrogen and oxygen atoms in total. The van der Waals surface area contributed by atoms with E-state index in [2.05, 4.69) is 0 Å². The van der Waals surface area contributed by atoms with Gasteiger partial charge in [0.15, 0.2) is 0 Å². The van der Waals surface area contributed by atoms with Crippen molar-refractivity contribution < 1.29 is 9.18 Å². The standard InChI is InChI=1S/C10H9FOS/c11-8-1-2-10-7(5-8)6-9(13-10)3-4-12/h1-2,4-5,9H,3,6H2. The van der Waals surface area contributed by atoms with Crippen LogP contribution in [0.3, 0.4) is 0 Å². The highest BCUT2D eigenvalue weighted by atomic mass is 32.2. The van der Waals surface area contributed by atoms with Gasteiger partial charge in [0.25, 0.3) is 0 Å². The number of hydrogen-bond acceptors (Lipinski definition) is 2. The smallest absolute Gasteiger partial charge is 0.123 e. The summed E-state index contributed by atoms with van der Waals surface area (Å²) in [5, 5.41) is 0.314. The molecule has 3 heteroatoms. The molecule has 2 rings (SSSR count). The molecule has 1 unspecified atom stereocenters. The molecule has 0 spiro atoms. The lowest BCUT2D eigenvalue weighted by Gasteiger charge is -1.99. The molecule has 1 atom stereocenters. The molecule has 0 aliphatic carbocycles. The van der Waals surface area contributed by atoms with E-state index >= 15 is 0 Å². The van der Waals surface area contributed by atoms with Crippen LogP contribution < -0.4 is 0 Å². The average molecular weight is 196 g/mol. The molecule has 0 amide bonds. The van der Waals surface area contributed by atoms with E-state index in [0.717, 1.165) is 23.2 Å². The largest absolute Gasteiger partial charge is 0.303 e. The first kappa shape index (κ1) is 8.75. The summed E-state index contributed by atoms with van der Waals surface area (Å²) in [6.45, 7) is 0. The van der Waals surface area contributed by atoms with Crippen LogP contribution in [0.2, 0.25) is 0 Å². The number of halogens is 1. The SMILES string of the molecule is O=CCC1Cc2cc(F)ccc2S1. The minimum absolute atomic E-state index is 0.189. The highest BCUT2D eigenvalue weighted by Gasteiger charge is 2.21. The van der Waals surface area contributed by atoms with Gasteiger partial charge in [-0.2, -0.15) is 0 Å². The summed E-state index contributed by atoms with van der Waals surface area (Å²) in [4.78, 5) is 11.4. The molecule has 13 heavy (non-hydrogen) atoms. The summed E-state index contributed by atoms with van der Waals surface area (Å²) < 4.78 is 12.8. The van der Waals surface area contributed by atoms with E-state index in [9.17, 15) is 9.18 Å². The van der Waals surface area contributed by atoms with Gasteiger partial charge in [0, 0.05) is 16.6 Å². The summed E-state index contributed by atoms with van der Waals surface area (Å²) in [5.41, 5.74) is 1.04. The van der Waals surface area contributed by atoms with Crippen LogP contribution in [-0.2, 0) is 11.2 Å². The lowest BCUT2D eigenvalue weighted by atomic mass is 10.1. The zero-order valence-electron chi connectivity index (χ0n) is 7.00. The van der Waals surface area contributed by atoms with Crippen LogP contribution >= 0.6 is 11.8 Å². The molecule has 68 valence electrons. The number of hydrogen-bond donors (Lipinski definition) is 0. The number of thioether (sulfide) groups is 1. The second-order valence-corrected chi connectivity index (χ2v) is 4.44. The fraction of sp³-hybridized carbons (Fsp3) is 0.300. The zero-order chi connectivity index (χ0) is 9.26. The van der Waals surface area contributed by atoms with Crippen molar-refractivity contribution in [2.24, 2.45) is 0 Å². The molecule has 1 heterocycles. The monoisotopic (exact) mass is 196 g/mol. The van der Waals surface area contributed by atoms with Crippen LogP contribution in [0.25, 0.3) is 0 Å². The van der Waals surface area contributed by atoms with Crippen molar-refractivity contribution >= 4 is 18.0 Å². The van der Waals surface area contributed by atoms with Crippen LogP contribution in [-0.4, -0.2) is 11.5 Å². The Balaban J connectivity index is 2.20. The molecule has 0 aromatic heterocycles. The van der Waals surface area contributed by atoms with Gasteiger partial charge in [0.2, 0.25) is 0 Å². The Bertz CT molecular complexity index is 338. The van der Waals surface area contributed by atoms with Crippen molar-refractivity contribution in [3.05, 3.63) is 29.6 Å². The minimum atomic E-state index is -0.189. The van der Waals surface area contributed by atoms with Gasteiger partial charge in [-0.15, -0.1) is 11.8 Å². The van der Waals surface area contributed by atoms with Crippen molar-refractivity contribution in [3.63, 3.8) is 0 Å². The average Bonchev–Trinajstić information content (AvgIpc) is 2.46. The molecule has 1 aromatic carbocycles. The third-order valence-corrected chi connectivity index (χ3v) is 3.47. The Morgan fingerprint density at radius 1 is 1.62 bits per heavy atom. The first-order chi connectivity index (χ1) is 6.29. The molecule has 0 saturated carbocycles. The first-order valence-electron chi connectivity index (χ1n) is 4.18. The number of benzene rings is 1. The maximum Gasteiger partial charge on any atom is 0.123 e. The third kappa shape index (κ3) is 1.75. The fourth-order valence-electron chi connectivity index (χ4n) is 1.53. The lowest BCUT2D eigenvalue weighted by Crippen LogP contribution is -2.00. The Morgan fingerprint density at radius 2 is 2.46 bits per heavy atom. The van der Waals surface area contributed by atoms with Crippen LogP contribution in [0.15, 0.2) is 23.1 Å². The minimum Gasteiger partial charge on any atom is -0.303 e. The summed E-state index contributed by atoms with van der Waals surface area (Å²) in [5.74, 6) is -0.189. The molecule has 0 N–H and O–H groups in total. The van der Waals surface area contributed by atoms with Gasteiger partial charge in [0.05, 0.1) is 0 Å². The quantitative estimate of drug-likeness (QED) is 0.676. The van der Waals surface area contributed by atoms with E-state index in [1.165, 1.54) is 6.07 Å². The highest BCUT2D eigenvalue weighted by Crippen LogP contribution is 2.38. The van der Waals surface area contributed by atoms with Crippen molar-refractivity contribution in [2.75, 3.05) is 0 Å². The van der Waals surface area contributed by atoms with E-state index in [1.807, 2.05) is 0 Å². The Hall–Kier alpha value is -0.830. The Labute approximate surface area is 80.3 Å². The van der Waals surface area contributed by atoms with Gasteiger partial charge in [-0.05, 0) is 30.2 Å². The van der Waals surface area contributed by atoms with Crippen LogP contribution in [0, 0.1) is 5.82 Å². The van der Waals surface area contributed by atoms with Gasteiger partial charge in [-0.3, -0.25) is 0 Å². The third-order valence-electron chi connectivity index (χ3n) is 2.12. The molecule has 1 aliphatic heterocycles. The zero-order valence-corrected chi connectivity index (χ0v) is 7.81. The molecule has 0 radical (unpaired) electrons. The second kappa shape index (κ2) is 3.50. The number of rotatable bonds is 2. The first-order valence-corrected chi connectivity index (χ1v) is 5.06. The van der Waals surface area contributed by atoms with Crippen molar-refractivity contribution in [1.82, 2.24) is 0 Å². The highest BCUT2D eigenvalue weighted by molar-refractivity contribution is 8.00. The molecular formula is C10H9FOS. The van der Waals surface area contributed by atoms with Crippen LogP contribution in [0.5, 0.6) is 0 Å². The molecule has 1 aromatic rings. The summed E-state index contributed by atoms with van der Waals surface area (Å²) >= 11 is 1.67. The summed E-state index contributed by atoms with van der Waals surface area (Å²) in [6.07, 6.45) is 2.30. The normalized spacial score (nSPS) is 19.9. The van der Waals surface area contributed by atoms with E-state index in [0.29, 0.717) is 11.7 Å². The molecule has 0 bridgehead atoms. The van der Waals surface area contributed by atoms with E-state index in [4.69, 9.17) is 0 Å². The van der Waals surface area contributed by atoms with E-state index < -0.39 is 0 Å². The maximum absolute atomic E-state index is 12.8. The van der Waals surface area contributed by atoms with Gasteiger partial charge in [-0.1, -0.05) is 0 Å². The second-order valence-electron chi connectivity index (χ2n) is 3.10. The van der Waals surface area contributed by atoms with Crippen molar-refractivity contribution in [1.29, 1.82) is 0 Å². The van der Waals surface area contributed by atoms with Crippen molar-refractivity contribution in [3.8, 4) is 0 Å². The topological polar surface area (TPSA) is 17.1 Å². The number of aldehydes is 1. The summed E-state index contributed by atoms with van der Waals surface area (Å²) in [7, 11) is 0. The fourth-order valence-corrected chi connectivity index (χ4v) is 2.76. The van der Waals surface area contributed by atoms with Crippen molar-refractivity contribution in [2.45, 2.75) is 23.0 Å². The lowest BCUT2D eigenvalue weighted by molar-refractivity contribution is -0.107. The number of fused-ring (bicyclic) bond motifs is 1. The molecule has 1 aliphatic rings. The van der Waals surface area contributed by atoms with Gasteiger partial charge in [-0.25, -0.2) is 4.39 Å². The van der Waals surface area contributed by atoms with Gasteiger partial charge in [0.1, 0.15) is 12.1 Å². The Kier molecular flexibility index (Phi) is 2.36. The molecular weight excluding hydrogens is 187 g/mol. The maximum atomic E-state index is 12.8. The molecule has 0 fully saturated rings. The van der Waals surface area contributed by atoms with E-state index in [1.54, 1.807) is 23.9 Å². The number of carbonyl (C=O) groups excluding carboxylic acids is 1. The van der Waals surface area contributed by atoms with E-state index in [-0.39, 0.29) is 5.82 Å². The summed E-state index contributed by atoms with van der Waals surface area (Å²) in [6, 6.07) is 4.82. The predicted molar refractivity (Wildman–Crippen MR) is 50.4 cm³/mol. The molecule has 0 saturated heterocycles.